The number of fused-ring (bicyclic) bond motifs is 1. The standard InChI is InChI=1S/C19H27NO5/c1-18(2,3)19(11-20(17(22)23)9-10-25-19)12-24-16-6-4-5-13-14(16)7-8-15(13)21/h4-6,15,21H,7-12H2,1-3H3,(H,22,23)/t15?,19-/m1/s1. The first-order valence-corrected chi connectivity index (χ1v) is 8.78. The lowest BCUT2D eigenvalue weighted by Gasteiger charge is -2.49. The number of morpholine rings is 1. The summed E-state index contributed by atoms with van der Waals surface area (Å²) in [6.45, 7) is 7.41. The van der Waals surface area contributed by atoms with Crippen molar-refractivity contribution in [1.82, 2.24) is 4.90 Å². The van der Waals surface area contributed by atoms with Gasteiger partial charge < -0.3 is 24.6 Å². The van der Waals surface area contributed by atoms with Gasteiger partial charge in [-0.2, -0.15) is 0 Å². The van der Waals surface area contributed by atoms with Crippen molar-refractivity contribution in [3.63, 3.8) is 0 Å². The molecule has 1 amide bonds. The van der Waals surface area contributed by atoms with Crippen LogP contribution in [0, 0.1) is 5.41 Å². The number of hydrogen-bond donors (Lipinski definition) is 2. The Morgan fingerprint density at radius 3 is 2.88 bits per heavy atom. The summed E-state index contributed by atoms with van der Waals surface area (Å²) in [6, 6.07) is 5.73. The average molecular weight is 349 g/mol. The van der Waals surface area contributed by atoms with E-state index in [4.69, 9.17) is 9.47 Å². The molecule has 25 heavy (non-hydrogen) atoms. The third-order valence-electron chi connectivity index (χ3n) is 5.48. The van der Waals surface area contributed by atoms with Gasteiger partial charge in [-0.25, -0.2) is 4.79 Å². The van der Waals surface area contributed by atoms with E-state index in [9.17, 15) is 15.0 Å². The SMILES string of the molecule is CC(C)(C)[C@]1(COc2cccc3c2CCC3O)CN(C(=O)O)CCO1. The predicted octanol–water partition coefficient (Wildman–Crippen LogP) is 2.84. The van der Waals surface area contributed by atoms with Gasteiger partial charge in [0, 0.05) is 12.1 Å². The lowest BCUT2D eigenvalue weighted by atomic mass is 9.75. The summed E-state index contributed by atoms with van der Waals surface area (Å²) in [6.07, 6.45) is 0.143. The van der Waals surface area contributed by atoms with Crippen LogP contribution >= 0.6 is 0 Å². The van der Waals surface area contributed by atoms with Crippen LogP contribution in [0.15, 0.2) is 18.2 Å². The molecule has 1 saturated heterocycles. The highest BCUT2D eigenvalue weighted by atomic mass is 16.5. The van der Waals surface area contributed by atoms with E-state index in [0.717, 1.165) is 23.3 Å². The predicted molar refractivity (Wildman–Crippen MR) is 93.0 cm³/mol. The van der Waals surface area contributed by atoms with E-state index in [1.54, 1.807) is 0 Å². The summed E-state index contributed by atoms with van der Waals surface area (Å²) in [5.74, 6) is 0.758. The van der Waals surface area contributed by atoms with Crippen molar-refractivity contribution in [3.05, 3.63) is 29.3 Å². The van der Waals surface area contributed by atoms with Gasteiger partial charge in [0.05, 0.1) is 19.3 Å². The highest BCUT2D eigenvalue weighted by Gasteiger charge is 2.48. The molecule has 6 nitrogen and oxygen atoms in total. The molecule has 0 bridgehead atoms. The van der Waals surface area contributed by atoms with Gasteiger partial charge in [0.1, 0.15) is 18.0 Å². The van der Waals surface area contributed by atoms with Crippen LogP contribution in [0.25, 0.3) is 0 Å². The van der Waals surface area contributed by atoms with Gasteiger partial charge in [0.25, 0.3) is 0 Å². The van der Waals surface area contributed by atoms with Gasteiger partial charge in [-0.1, -0.05) is 32.9 Å². The number of aliphatic hydroxyl groups is 1. The molecule has 138 valence electrons. The second kappa shape index (κ2) is 6.50. The second-order valence-corrected chi connectivity index (χ2v) is 7.96. The Morgan fingerprint density at radius 2 is 2.20 bits per heavy atom. The van der Waals surface area contributed by atoms with Gasteiger partial charge >= 0.3 is 6.09 Å². The Bertz CT molecular complexity index is 654. The van der Waals surface area contributed by atoms with Gasteiger partial charge in [0.15, 0.2) is 0 Å². The monoisotopic (exact) mass is 349 g/mol. The number of benzene rings is 1. The fraction of sp³-hybridized carbons (Fsp3) is 0.632. The van der Waals surface area contributed by atoms with Gasteiger partial charge in [-0.05, 0) is 29.9 Å². The van der Waals surface area contributed by atoms with Gasteiger partial charge in [-0.15, -0.1) is 0 Å². The first-order chi connectivity index (χ1) is 11.7. The molecule has 6 heteroatoms. The molecule has 0 spiro atoms. The van der Waals surface area contributed by atoms with Crippen LogP contribution in [0.4, 0.5) is 4.79 Å². The Morgan fingerprint density at radius 1 is 1.44 bits per heavy atom. The second-order valence-electron chi connectivity index (χ2n) is 7.96. The molecule has 1 aliphatic heterocycles. The van der Waals surface area contributed by atoms with Gasteiger partial charge in [0.2, 0.25) is 0 Å². The lowest BCUT2D eigenvalue weighted by molar-refractivity contribution is -0.175. The Hall–Kier alpha value is -1.79. The fourth-order valence-electron chi connectivity index (χ4n) is 3.63. The maximum absolute atomic E-state index is 11.4. The minimum Gasteiger partial charge on any atom is -0.490 e. The topological polar surface area (TPSA) is 79.2 Å². The van der Waals surface area contributed by atoms with E-state index < -0.39 is 17.8 Å². The van der Waals surface area contributed by atoms with Crippen LogP contribution in [0.1, 0.15) is 44.4 Å². The van der Waals surface area contributed by atoms with Crippen molar-refractivity contribution in [3.8, 4) is 5.75 Å². The fourth-order valence-corrected chi connectivity index (χ4v) is 3.63. The molecule has 3 rings (SSSR count). The number of hydrogen-bond acceptors (Lipinski definition) is 4. The molecule has 1 fully saturated rings. The van der Waals surface area contributed by atoms with E-state index in [1.165, 1.54) is 4.90 Å². The smallest absolute Gasteiger partial charge is 0.407 e. The van der Waals surface area contributed by atoms with Crippen molar-refractivity contribution in [2.45, 2.75) is 45.3 Å². The van der Waals surface area contributed by atoms with Crippen molar-refractivity contribution in [2.75, 3.05) is 26.3 Å². The van der Waals surface area contributed by atoms with Crippen molar-refractivity contribution >= 4 is 6.09 Å². The Balaban J connectivity index is 1.82. The molecule has 0 saturated carbocycles. The number of rotatable bonds is 3. The van der Waals surface area contributed by atoms with E-state index in [2.05, 4.69) is 0 Å². The molecule has 1 aromatic carbocycles. The van der Waals surface area contributed by atoms with Gasteiger partial charge in [-0.3, -0.25) is 0 Å². The van der Waals surface area contributed by atoms with E-state index in [1.807, 2.05) is 39.0 Å². The molecule has 1 aromatic rings. The molecular formula is C19H27NO5. The van der Waals surface area contributed by atoms with Crippen LogP contribution in [0.2, 0.25) is 0 Å². The maximum Gasteiger partial charge on any atom is 0.407 e. The van der Waals surface area contributed by atoms with Crippen LogP contribution in [0.3, 0.4) is 0 Å². The number of amides is 1. The average Bonchev–Trinajstić information content (AvgIpc) is 2.94. The first kappa shape index (κ1) is 18.0. The zero-order valence-corrected chi connectivity index (χ0v) is 15.1. The van der Waals surface area contributed by atoms with E-state index >= 15 is 0 Å². The third kappa shape index (κ3) is 3.33. The first-order valence-electron chi connectivity index (χ1n) is 8.78. The Labute approximate surface area is 148 Å². The summed E-state index contributed by atoms with van der Waals surface area (Å²) < 4.78 is 12.2. The molecular weight excluding hydrogens is 322 g/mol. The van der Waals surface area contributed by atoms with Crippen molar-refractivity contribution in [2.24, 2.45) is 5.41 Å². The summed E-state index contributed by atoms with van der Waals surface area (Å²) in [5, 5.41) is 19.4. The minimum atomic E-state index is -0.930. The molecule has 1 unspecified atom stereocenters. The van der Waals surface area contributed by atoms with Crippen molar-refractivity contribution in [1.29, 1.82) is 0 Å². The molecule has 2 aliphatic rings. The van der Waals surface area contributed by atoms with Crippen LogP contribution in [-0.2, 0) is 11.2 Å². The summed E-state index contributed by atoms with van der Waals surface area (Å²) in [5.41, 5.74) is 0.964. The van der Waals surface area contributed by atoms with E-state index in [0.29, 0.717) is 19.6 Å². The number of carboxylic acid groups (broad SMARTS) is 1. The van der Waals surface area contributed by atoms with Crippen LogP contribution in [0.5, 0.6) is 5.75 Å². The highest BCUT2D eigenvalue weighted by molar-refractivity contribution is 5.65. The molecule has 1 heterocycles. The summed E-state index contributed by atoms with van der Waals surface area (Å²) in [7, 11) is 0. The molecule has 1 aliphatic carbocycles. The van der Waals surface area contributed by atoms with Crippen LogP contribution in [-0.4, -0.2) is 53.1 Å². The molecule has 2 atom stereocenters. The normalized spacial score (nSPS) is 26.4. The lowest BCUT2D eigenvalue weighted by Crippen LogP contribution is -2.62. The number of carbonyl (C=O) groups is 1. The van der Waals surface area contributed by atoms with Crippen molar-refractivity contribution < 1.29 is 24.5 Å². The Kier molecular flexibility index (Phi) is 4.68. The largest absolute Gasteiger partial charge is 0.490 e. The minimum absolute atomic E-state index is 0.271. The number of nitrogens with zero attached hydrogens (tertiary/aromatic N) is 1. The quantitative estimate of drug-likeness (QED) is 0.877. The molecule has 0 radical (unpaired) electrons. The summed E-state index contributed by atoms with van der Waals surface area (Å²) in [4.78, 5) is 12.8. The zero-order valence-electron chi connectivity index (χ0n) is 15.1. The third-order valence-corrected chi connectivity index (χ3v) is 5.48. The van der Waals surface area contributed by atoms with Crippen LogP contribution < -0.4 is 4.74 Å². The number of ether oxygens (including phenoxy) is 2. The highest BCUT2D eigenvalue weighted by Crippen LogP contribution is 2.40. The number of aliphatic hydroxyl groups excluding tert-OH is 1. The zero-order chi connectivity index (χ0) is 18.2. The summed E-state index contributed by atoms with van der Waals surface area (Å²) >= 11 is 0. The molecule has 2 N–H and O–H groups in total. The van der Waals surface area contributed by atoms with E-state index in [-0.39, 0.29) is 18.6 Å². The maximum atomic E-state index is 11.4. The molecule has 0 aromatic heterocycles.